The molecule has 0 bridgehead atoms. The molecule has 1 saturated heterocycles. The normalized spacial score (nSPS) is 21.4. The topological polar surface area (TPSA) is 109 Å². The molecule has 4 heterocycles. The van der Waals surface area contributed by atoms with Gasteiger partial charge in [-0.1, -0.05) is 19.4 Å². The van der Waals surface area contributed by atoms with Gasteiger partial charge in [0.25, 0.3) is 11.8 Å². The highest BCUT2D eigenvalue weighted by atomic mass is 32.1. The number of carboxylic acid groups (broad SMARTS) is 1. The number of rotatable bonds is 7. The van der Waals surface area contributed by atoms with E-state index in [1.165, 1.54) is 6.07 Å². The summed E-state index contributed by atoms with van der Waals surface area (Å²) in [6.07, 6.45) is -12.4. The largest absolute Gasteiger partial charge is 0.507 e. The molecule has 0 unspecified atom stereocenters. The van der Waals surface area contributed by atoms with Crippen LogP contribution in [0.4, 0.5) is 35.5 Å². The fourth-order valence-corrected chi connectivity index (χ4v) is 6.94. The fourth-order valence-electron chi connectivity index (χ4n) is 6.27. The Morgan fingerprint density at radius 1 is 1.06 bits per heavy atom. The zero-order valence-corrected chi connectivity index (χ0v) is 25.9. The lowest BCUT2D eigenvalue weighted by molar-refractivity contribution is -0.172. The number of hydrogen-bond acceptors (Lipinski definition) is 7. The minimum absolute atomic E-state index is 0.0394. The van der Waals surface area contributed by atoms with Gasteiger partial charge in [0.2, 0.25) is 5.60 Å². The van der Waals surface area contributed by atoms with E-state index in [9.17, 15) is 50.2 Å². The molecule has 0 spiro atoms. The number of pyridine rings is 1. The second-order valence-corrected chi connectivity index (χ2v) is 12.2. The molecule has 0 aliphatic carbocycles. The van der Waals surface area contributed by atoms with E-state index < -0.39 is 70.1 Å². The van der Waals surface area contributed by atoms with E-state index in [-0.39, 0.29) is 62.3 Å². The van der Waals surface area contributed by atoms with Crippen molar-refractivity contribution in [2.24, 2.45) is 0 Å². The van der Waals surface area contributed by atoms with E-state index in [1.807, 2.05) is 0 Å². The minimum Gasteiger partial charge on any atom is -0.474 e. The van der Waals surface area contributed by atoms with Crippen molar-refractivity contribution in [3.8, 4) is 5.75 Å². The van der Waals surface area contributed by atoms with Crippen molar-refractivity contribution in [3.63, 3.8) is 0 Å². The third-order valence-electron chi connectivity index (χ3n) is 8.27. The molecule has 0 radical (unpaired) electrons. The van der Waals surface area contributed by atoms with Crippen LogP contribution in [0.5, 0.6) is 5.75 Å². The monoisotopic (exact) mass is 703 g/mol. The summed E-state index contributed by atoms with van der Waals surface area (Å²) in [5.41, 5.74) is -3.73. The number of hydrogen-bond donors (Lipinski definition) is 1. The van der Waals surface area contributed by atoms with Gasteiger partial charge in [-0.25, -0.2) is 9.18 Å². The number of benzene rings is 1. The Bertz CT molecular complexity index is 1700. The number of piperidine rings is 1. The van der Waals surface area contributed by atoms with Crippen molar-refractivity contribution >= 4 is 29.3 Å². The molecule has 5 rings (SSSR count). The maximum absolute atomic E-state index is 14.9. The molecule has 0 saturated carbocycles. The summed E-state index contributed by atoms with van der Waals surface area (Å²) < 4.78 is 108. The van der Waals surface area contributed by atoms with Crippen LogP contribution in [0.25, 0.3) is 0 Å². The standard InChI is InChI=1S/C31H28F7N3O6S/c1-2-5-22-29(47-20-14-23(48-16-20)31(36,37)38,9-4-11-40(22)26(42)25-21(30(33,34)35)6-3-10-39-25)27(43)41-15-17-7-8-19(32)12-18(17)13-24(41)46-28(44)45/h3,6-8,10,12,14,16,22,24H,2,4-5,9,11,13,15H2,1H3,(H,44,45)/t22-,24+,29+/m1/s1. The molecule has 2 aliphatic heterocycles. The number of halogens is 7. The number of likely N-dealkylation sites (tertiary alicyclic amines) is 1. The van der Waals surface area contributed by atoms with Gasteiger partial charge in [0.1, 0.15) is 22.1 Å². The summed E-state index contributed by atoms with van der Waals surface area (Å²) in [7, 11) is 0. The molecule has 2 amide bonds. The SMILES string of the molecule is CCC[C@H]1N(C(=O)c2ncccc2C(F)(F)F)CCC[C@@]1(Oc1csc(C(F)(F)F)c1)C(=O)N1Cc2ccc(F)cc2C[C@@H]1OC(=O)O. The average molecular weight is 704 g/mol. The van der Waals surface area contributed by atoms with E-state index in [1.54, 1.807) is 6.92 Å². The van der Waals surface area contributed by atoms with Crippen LogP contribution in [-0.2, 0) is 34.8 Å². The van der Waals surface area contributed by atoms with E-state index in [0.717, 1.165) is 39.6 Å². The lowest BCUT2D eigenvalue weighted by Crippen LogP contribution is -2.69. The van der Waals surface area contributed by atoms with Gasteiger partial charge in [-0.2, -0.15) is 26.3 Å². The first-order valence-corrected chi connectivity index (χ1v) is 15.6. The fraction of sp³-hybridized carbons (Fsp3) is 0.419. The number of alkyl halides is 6. The van der Waals surface area contributed by atoms with Gasteiger partial charge in [-0.05, 0) is 48.2 Å². The van der Waals surface area contributed by atoms with E-state index in [4.69, 9.17) is 9.47 Å². The zero-order chi connectivity index (χ0) is 35.0. The molecule has 1 fully saturated rings. The number of ether oxygens (including phenoxy) is 2. The number of nitrogens with zero attached hydrogens (tertiary/aromatic N) is 3. The average Bonchev–Trinajstić information content (AvgIpc) is 3.49. The van der Waals surface area contributed by atoms with Gasteiger partial charge >= 0.3 is 18.5 Å². The van der Waals surface area contributed by atoms with Crippen LogP contribution in [0.2, 0.25) is 0 Å². The summed E-state index contributed by atoms with van der Waals surface area (Å²) in [4.78, 5) is 45.2. The predicted molar refractivity (Wildman–Crippen MR) is 154 cm³/mol. The summed E-state index contributed by atoms with van der Waals surface area (Å²) in [6.45, 7) is 1.19. The van der Waals surface area contributed by atoms with Crippen LogP contribution < -0.4 is 4.74 Å². The molecule has 9 nitrogen and oxygen atoms in total. The first-order chi connectivity index (χ1) is 22.5. The summed E-state index contributed by atoms with van der Waals surface area (Å²) in [5.74, 6) is -3.17. The van der Waals surface area contributed by atoms with Gasteiger partial charge in [-0.15, -0.1) is 11.3 Å². The van der Waals surface area contributed by atoms with E-state index in [2.05, 4.69) is 4.98 Å². The molecule has 17 heteroatoms. The number of amides is 2. The summed E-state index contributed by atoms with van der Waals surface area (Å²) in [5, 5.41) is 10.5. The molecule has 48 heavy (non-hydrogen) atoms. The van der Waals surface area contributed by atoms with Gasteiger partial charge in [0.05, 0.1) is 11.6 Å². The highest BCUT2D eigenvalue weighted by Crippen LogP contribution is 2.43. The molecule has 2 aromatic heterocycles. The van der Waals surface area contributed by atoms with Gasteiger partial charge < -0.3 is 19.5 Å². The first-order valence-electron chi connectivity index (χ1n) is 14.7. The Balaban J connectivity index is 1.65. The van der Waals surface area contributed by atoms with Gasteiger partial charge in [0.15, 0.2) is 6.23 Å². The van der Waals surface area contributed by atoms with Crippen LogP contribution in [0.1, 0.15) is 64.7 Å². The quantitative estimate of drug-likeness (QED) is 0.206. The van der Waals surface area contributed by atoms with Gasteiger partial charge in [-0.3, -0.25) is 19.5 Å². The maximum Gasteiger partial charge on any atom is 0.507 e. The Labute approximate surface area is 272 Å². The van der Waals surface area contributed by atoms with Crippen molar-refractivity contribution in [2.45, 2.75) is 75.8 Å². The number of carbonyl (C=O) groups is 3. The predicted octanol–water partition coefficient (Wildman–Crippen LogP) is 7.15. The van der Waals surface area contributed by atoms with Crippen LogP contribution in [0, 0.1) is 5.82 Å². The second-order valence-electron chi connectivity index (χ2n) is 11.3. The minimum atomic E-state index is -4.97. The number of aromatic nitrogens is 1. The maximum atomic E-state index is 14.9. The van der Waals surface area contributed by atoms with Crippen molar-refractivity contribution in [3.05, 3.63) is 81.1 Å². The van der Waals surface area contributed by atoms with E-state index in [0.29, 0.717) is 23.3 Å². The van der Waals surface area contributed by atoms with E-state index >= 15 is 0 Å². The highest BCUT2D eigenvalue weighted by Gasteiger charge is 2.57. The molecule has 2 aliphatic rings. The van der Waals surface area contributed by atoms with Crippen molar-refractivity contribution in [2.75, 3.05) is 6.54 Å². The smallest absolute Gasteiger partial charge is 0.474 e. The lowest BCUT2D eigenvalue weighted by atomic mass is 9.79. The van der Waals surface area contributed by atoms with Crippen LogP contribution in [0.15, 0.2) is 48.0 Å². The second kappa shape index (κ2) is 13.2. The molecular weight excluding hydrogens is 675 g/mol. The summed E-state index contributed by atoms with van der Waals surface area (Å²) in [6, 6.07) is 4.66. The molecular formula is C31H28F7N3O6S. The lowest BCUT2D eigenvalue weighted by Gasteiger charge is -2.51. The van der Waals surface area contributed by atoms with Crippen LogP contribution >= 0.6 is 11.3 Å². The third-order valence-corrected chi connectivity index (χ3v) is 9.22. The molecule has 3 atom stereocenters. The first kappa shape index (κ1) is 34.9. The Kier molecular flexibility index (Phi) is 9.63. The summed E-state index contributed by atoms with van der Waals surface area (Å²) >= 11 is 0.287. The van der Waals surface area contributed by atoms with Crippen LogP contribution in [0.3, 0.4) is 0 Å². The number of fused-ring (bicyclic) bond motifs is 1. The van der Waals surface area contributed by atoms with Crippen molar-refractivity contribution in [1.29, 1.82) is 0 Å². The number of thiophene rings is 1. The molecule has 3 aromatic rings. The Morgan fingerprint density at radius 3 is 2.46 bits per heavy atom. The van der Waals surface area contributed by atoms with Gasteiger partial charge in [0, 0.05) is 43.6 Å². The Morgan fingerprint density at radius 2 is 1.81 bits per heavy atom. The highest BCUT2D eigenvalue weighted by molar-refractivity contribution is 7.10. The van der Waals surface area contributed by atoms with Crippen LogP contribution in [-0.4, -0.2) is 62.3 Å². The van der Waals surface area contributed by atoms with Crippen molar-refractivity contribution in [1.82, 2.24) is 14.8 Å². The Hall–Kier alpha value is -4.41. The zero-order valence-electron chi connectivity index (χ0n) is 25.1. The van der Waals surface area contributed by atoms with Crippen molar-refractivity contribution < 1.29 is 59.7 Å². The third kappa shape index (κ3) is 6.91. The molecule has 1 N–H and O–H groups in total. The number of carbonyl (C=O) groups excluding carboxylic acids is 2. The molecule has 1 aromatic carbocycles. The molecule has 258 valence electrons.